The molecule has 1 rings (SSSR count). The summed E-state index contributed by atoms with van der Waals surface area (Å²) >= 11 is 0. The van der Waals surface area contributed by atoms with E-state index in [-0.39, 0.29) is 11.8 Å². The van der Waals surface area contributed by atoms with E-state index in [1.54, 1.807) is 17.0 Å². The van der Waals surface area contributed by atoms with Crippen molar-refractivity contribution in [3.8, 4) is 0 Å². The topological polar surface area (TPSA) is 62.3 Å². The highest BCUT2D eigenvalue weighted by molar-refractivity contribution is 5.96. The van der Waals surface area contributed by atoms with E-state index >= 15 is 0 Å². The zero-order chi connectivity index (χ0) is 14.3. The van der Waals surface area contributed by atoms with Gasteiger partial charge in [0.15, 0.2) is 0 Å². The summed E-state index contributed by atoms with van der Waals surface area (Å²) in [4.78, 5) is 29.1. The molecule has 1 heterocycles. The Morgan fingerprint density at radius 1 is 1.37 bits per heavy atom. The van der Waals surface area contributed by atoms with Crippen LogP contribution in [0.3, 0.4) is 0 Å². The molecule has 1 aromatic rings. The molecule has 19 heavy (non-hydrogen) atoms. The number of aromatic nitrogens is 1. The lowest BCUT2D eigenvalue weighted by molar-refractivity contribution is -0.114. The molecule has 0 aliphatic rings. The average molecular weight is 263 g/mol. The second-order valence-electron chi connectivity index (χ2n) is 4.35. The molecule has 5 heteroatoms. The minimum Gasteiger partial charge on any atom is -0.339 e. The third-order valence-electron chi connectivity index (χ3n) is 2.76. The molecule has 1 aromatic heterocycles. The first-order chi connectivity index (χ1) is 9.08. The summed E-state index contributed by atoms with van der Waals surface area (Å²) in [6.07, 6.45) is 3.58. The standard InChI is InChI=1S/C14H21N3O2/c1-4-6-9-17(5-2)14(19)12-7-8-15-13(10-12)16-11(3)18/h7-8,10H,4-6,9H2,1-3H3,(H,15,16,18). The number of carbonyl (C=O) groups is 2. The normalized spacial score (nSPS) is 10.1. The van der Waals surface area contributed by atoms with Crippen LogP contribution < -0.4 is 5.32 Å². The summed E-state index contributed by atoms with van der Waals surface area (Å²) in [7, 11) is 0. The minimum atomic E-state index is -0.199. The molecule has 0 unspecified atom stereocenters. The van der Waals surface area contributed by atoms with Crippen LogP contribution in [0, 0.1) is 0 Å². The van der Waals surface area contributed by atoms with Crippen LogP contribution in [0.4, 0.5) is 5.82 Å². The fourth-order valence-electron chi connectivity index (χ4n) is 1.75. The summed E-state index contributed by atoms with van der Waals surface area (Å²) in [6, 6.07) is 3.28. The third kappa shape index (κ3) is 4.69. The lowest BCUT2D eigenvalue weighted by atomic mass is 10.2. The number of hydrogen-bond donors (Lipinski definition) is 1. The van der Waals surface area contributed by atoms with Crippen molar-refractivity contribution >= 4 is 17.6 Å². The molecule has 0 aliphatic heterocycles. The van der Waals surface area contributed by atoms with Crippen LogP contribution in [0.15, 0.2) is 18.3 Å². The number of anilines is 1. The molecule has 0 aliphatic carbocycles. The van der Waals surface area contributed by atoms with E-state index in [0.717, 1.165) is 19.4 Å². The quantitative estimate of drug-likeness (QED) is 0.856. The van der Waals surface area contributed by atoms with Gasteiger partial charge in [-0.2, -0.15) is 0 Å². The van der Waals surface area contributed by atoms with Crippen LogP contribution in [-0.2, 0) is 4.79 Å². The van der Waals surface area contributed by atoms with Crippen LogP contribution in [0.5, 0.6) is 0 Å². The van der Waals surface area contributed by atoms with Gasteiger partial charge in [-0.25, -0.2) is 4.98 Å². The Balaban J connectivity index is 2.82. The fraction of sp³-hybridized carbons (Fsp3) is 0.500. The molecule has 0 saturated heterocycles. The fourth-order valence-corrected chi connectivity index (χ4v) is 1.75. The maximum atomic E-state index is 12.3. The van der Waals surface area contributed by atoms with E-state index in [1.165, 1.54) is 13.1 Å². The van der Waals surface area contributed by atoms with Gasteiger partial charge in [0.05, 0.1) is 0 Å². The Bertz CT molecular complexity index is 446. The highest BCUT2D eigenvalue weighted by atomic mass is 16.2. The van der Waals surface area contributed by atoms with Crippen LogP contribution in [-0.4, -0.2) is 34.8 Å². The molecule has 0 bridgehead atoms. The van der Waals surface area contributed by atoms with Gasteiger partial charge in [0.25, 0.3) is 5.91 Å². The molecule has 0 atom stereocenters. The second-order valence-corrected chi connectivity index (χ2v) is 4.35. The SMILES string of the molecule is CCCCN(CC)C(=O)c1ccnc(NC(C)=O)c1. The number of nitrogens with zero attached hydrogens (tertiary/aromatic N) is 2. The van der Waals surface area contributed by atoms with E-state index in [9.17, 15) is 9.59 Å². The van der Waals surface area contributed by atoms with Crippen molar-refractivity contribution < 1.29 is 9.59 Å². The zero-order valence-electron chi connectivity index (χ0n) is 11.8. The highest BCUT2D eigenvalue weighted by Crippen LogP contribution is 2.10. The lowest BCUT2D eigenvalue weighted by Crippen LogP contribution is -2.31. The van der Waals surface area contributed by atoms with Gasteiger partial charge in [-0.15, -0.1) is 0 Å². The maximum Gasteiger partial charge on any atom is 0.254 e. The van der Waals surface area contributed by atoms with Gasteiger partial charge in [-0.3, -0.25) is 9.59 Å². The van der Waals surface area contributed by atoms with E-state index in [4.69, 9.17) is 0 Å². The first-order valence-corrected chi connectivity index (χ1v) is 6.61. The summed E-state index contributed by atoms with van der Waals surface area (Å²) in [5.74, 6) is 0.185. The van der Waals surface area contributed by atoms with Crippen molar-refractivity contribution in [1.82, 2.24) is 9.88 Å². The number of amides is 2. The van der Waals surface area contributed by atoms with E-state index in [2.05, 4.69) is 17.2 Å². The van der Waals surface area contributed by atoms with Gasteiger partial charge in [-0.1, -0.05) is 13.3 Å². The molecule has 2 amide bonds. The van der Waals surface area contributed by atoms with Gasteiger partial charge in [-0.05, 0) is 25.5 Å². The molecule has 0 fully saturated rings. The first-order valence-electron chi connectivity index (χ1n) is 6.61. The van der Waals surface area contributed by atoms with Gasteiger partial charge >= 0.3 is 0 Å². The van der Waals surface area contributed by atoms with Crippen molar-refractivity contribution in [1.29, 1.82) is 0 Å². The predicted molar refractivity (Wildman–Crippen MR) is 75.0 cm³/mol. The van der Waals surface area contributed by atoms with E-state index < -0.39 is 0 Å². The Hall–Kier alpha value is -1.91. The molecule has 5 nitrogen and oxygen atoms in total. The van der Waals surface area contributed by atoms with Gasteiger partial charge in [0.2, 0.25) is 5.91 Å². The van der Waals surface area contributed by atoms with Crippen LogP contribution in [0.2, 0.25) is 0 Å². The second kappa shape index (κ2) is 7.51. The van der Waals surface area contributed by atoms with Gasteiger partial charge < -0.3 is 10.2 Å². The van der Waals surface area contributed by atoms with E-state index in [0.29, 0.717) is 17.9 Å². The van der Waals surface area contributed by atoms with Crippen molar-refractivity contribution in [3.63, 3.8) is 0 Å². The Morgan fingerprint density at radius 3 is 2.68 bits per heavy atom. The molecule has 1 N–H and O–H groups in total. The number of pyridine rings is 1. The molecule has 104 valence electrons. The molecule has 0 aromatic carbocycles. The Morgan fingerprint density at radius 2 is 2.11 bits per heavy atom. The summed E-state index contributed by atoms with van der Waals surface area (Å²) in [6.45, 7) is 6.90. The minimum absolute atomic E-state index is 0.0232. The number of unbranched alkanes of at least 4 members (excludes halogenated alkanes) is 1. The molecule has 0 spiro atoms. The highest BCUT2D eigenvalue weighted by Gasteiger charge is 2.14. The lowest BCUT2D eigenvalue weighted by Gasteiger charge is -2.20. The third-order valence-corrected chi connectivity index (χ3v) is 2.76. The van der Waals surface area contributed by atoms with Crippen molar-refractivity contribution in [2.45, 2.75) is 33.6 Å². The number of nitrogens with one attached hydrogen (secondary N) is 1. The summed E-state index contributed by atoms with van der Waals surface area (Å²) < 4.78 is 0. The number of hydrogen-bond acceptors (Lipinski definition) is 3. The van der Waals surface area contributed by atoms with Gasteiger partial charge in [0.1, 0.15) is 5.82 Å². The first kappa shape index (κ1) is 15.1. The maximum absolute atomic E-state index is 12.3. The van der Waals surface area contributed by atoms with Crippen LogP contribution in [0.25, 0.3) is 0 Å². The van der Waals surface area contributed by atoms with Crippen molar-refractivity contribution in [2.24, 2.45) is 0 Å². The molecular formula is C14H21N3O2. The van der Waals surface area contributed by atoms with Crippen LogP contribution >= 0.6 is 0 Å². The monoisotopic (exact) mass is 263 g/mol. The summed E-state index contributed by atoms with van der Waals surface area (Å²) in [5.41, 5.74) is 0.553. The van der Waals surface area contributed by atoms with E-state index in [1.807, 2.05) is 6.92 Å². The molecule has 0 saturated carbocycles. The predicted octanol–water partition coefficient (Wildman–Crippen LogP) is 2.30. The average Bonchev–Trinajstić information content (AvgIpc) is 2.39. The molecular weight excluding hydrogens is 242 g/mol. The van der Waals surface area contributed by atoms with Gasteiger partial charge in [0, 0.05) is 31.8 Å². The zero-order valence-corrected chi connectivity index (χ0v) is 11.8. The van der Waals surface area contributed by atoms with Crippen molar-refractivity contribution in [3.05, 3.63) is 23.9 Å². The van der Waals surface area contributed by atoms with Crippen molar-refractivity contribution in [2.75, 3.05) is 18.4 Å². The largest absolute Gasteiger partial charge is 0.339 e. The summed E-state index contributed by atoms with van der Waals surface area (Å²) in [5, 5.41) is 2.58. The Labute approximate surface area is 114 Å². The van der Waals surface area contributed by atoms with Crippen LogP contribution in [0.1, 0.15) is 44.0 Å². The molecule has 0 radical (unpaired) electrons. The number of rotatable bonds is 6. The number of carbonyl (C=O) groups excluding carboxylic acids is 2. The Kier molecular flexibility index (Phi) is 5.99. The smallest absolute Gasteiger partial charge is 0.254 e.